The van der Waals surface area contributed by atoms with Crippen LogP contribution in [0.25, 0.3) is 88.7 Å². The van der Waals surface area contributed by atoms with Gasteiger partial charge in [-0.1, -0.05) is 103 Å². The first kappa shape index (κ1) is 26.6. The van der Waals surface area contributed by atoms with Crippen LogP contribution in [0.4, 0.5) is 0 Å². The molecule has 0 saturated carbocycles. The van der Waals surface area contributed by atoms with E-state index in [0.29, 0.717) is 0 Å². The Balaban J connectivity index is 1.27. The quantitative estimate of drug-likeness (QED) is 0.198. The fourth-order valence-corrected chi connectivity index (χ4v) is 7.26. The van der Waals surface area contributed by atoms with Gasteiger partial charge in [-0.25, -0.2) is 9.97 Å². The van der Waals surface area contributed by atoms with Crippen LogP contribution in [0, 0.1) is 0 Å². The number of fused-ring (bicyclic) bond motifs is 5. The Bertz CT molecular complexity index is 2650. The average molecular weight is 614 g/mol. The molecule has 0 atom stereocenters. The normalized spacial score (nSPS) is 11.8. The van der Waals surface area contributed by atoms with Gasteiger partial charge in [0.2, 0.25) is 0 Å². The lowest BCUT2D eigenvalue weighted by Crippen LogP contribution is -2.02. The lowest BCUT2D eigenvalue weighted by molar-refractivity contribution is 1.11. The molecule has 0 amide bonds. The zero-order valence-electron chi connectivity index (χ0n) is 25.8. The van der Waals surface area contributed by atoms with Gasteiger partial charge in [0.25, 0.3) is 0 Å². The van der Waals surface area contributed by atoms with Crippen molar-refractivity contribution in [1.82, 2.24) is 24.1 Å². The van der Waals surface area contributed by atoms with Crippen molar-refractivity contribution in [2.75, 3.05) is 0 Å². The molecule has 5 heteroatoms. The molecule has 0 saturated heterocycles. The van der Waals surface area contributed by atoms with Gasteiger partial charge >= 0.3 is 0 Å². The zero-order valence-corrected chi connectivity index (χ0v) is 25.8. The number of benzene rings is 7. The highest BCUT2D eigenvalue weighted by molar-refractivity contribution is 6.05. The Morgan fingerprint density at radius 1 is 0.375 bits per heavy atom. The number of rotatable bonds is 4. The van der Waals surface area contributed by atoms with E-state index in [9.17, 15) is 0 Å². The van der Waals surface area contributed by atoms with Crippen molar-refractivity contribution in [2.45, 2.75) is 0 Å². The molecule has 0 radical (unpaired) electrons. The molecule has 0 aliphatic rings. The minimum Gasteiger partial charge on any atom is -0.292 e. The molecule has 0 unspecified atom stereocenters. The Hall–Kier alpha value is -6.59. The van der Waals surface area contributed by atoms with Crippen molar-refractivity contribution in [2.24, 2.45) is 0 Å². The Kier molecular flexibility index (Phi) is 5.81. The maximum Gasteiger partial charge on any atom is 0.147 e. The monoisotopic (exact) mass is 613 g/mol. The molecule has 0 fully saturated rings. The highest BCUT2D eigenvalue weighted by atomic mass is 15.1. The summed E-state index contributed by atoms with van der Waals surface area (Å²) in [5.74, 6) is 1.73. The summed E-state index contributed by atoms with van der Waals surface area (Å²) in [5.41, 5.74) is 9.02. The van der Waals surface area contributed by atoms with E-state index >= 15 is 0 Å². The van der Waals surface area contributed by atoms with Crippen molar-refractivity contribution < 1.29 is 0 Å². The number of nitrogens with zero attached hydrogens (tertiary/aromatic N) is 5. The van der Waals surface area contributed by atoms with Gasteiger partial charge in [-0.3, -0.25) is 14.1 Å². The van der Waals surface area contributed by atoms with E-state index in [2.05, 4.69) is 149 Å². The SMILES string of the molecule is c1ccc2c(-n3c(-c4ccc(-c5nc6ccccc6n5-c5cccc6ccccc56)c5ncccc45)nc4ccccc43)cccc2c1. The van der Waals surface area contributed by atoms with E-state index in [1.165, 1.54) is 21.5 Å². The molecule has 5 nitrogen and oxygen atoms in total. The van der Waals surface area contributed by atoms with Gasteiger partial charge in [0.05, 0.1) is 39.0 Å². The van der Waals surface area contributed by atoms with Crippen LogP contribution in [0.15, 0.2) is 164 Å². The molecule has 10 rings (SSSR count). The van der Waals surface area contributed by atoms with E-state index < -0.39 is 0 Å². The molecule has 0 bridgehead atoms. The van der Waals surface area contributed by atoms with Crippen LogP contribution < -0.4 is 0 Å². The second-order valence-electron chi connectivity index (χ2n) is 12.1. The Morgan fingerprint density at radius 3 is 1.48 bits per heavy atom. The molecule has 48 heavy (non-hydrogen) atoms. The largest absolute Gasteiger partial charge is 0.292 e. The molecular formula is C43H27N5. The van der Waals surface area contributed by atoms with Gasteiger partial charge < -0.3 is 0 Å². The average Bonchev–Trinajstić information content (AvgIpc) is 3.73. The number of hydrogen-bond acceptors (Lipinski definition) is 3. The minimum absolute atomic E-state index is 0.852. The number of imidazole rings is 2. The number of para-hydroxylation sites is 4. The van der Waals surface area contributed by atoms with Crippen LogP contribution in [0.2, 0.25) is 0 Å². The maximum atomic E-state index is 5.27. The molecule has 224 valence electrons. The van der Waals surface area contributed by atoms with Gasteiger partial charge in [0.1, 0.15) is 11.6 Å². The maximum absolute atomic E-state index is 5.27. The van der Waals surface area contributed by atoms with Crippen LogP contribution >= 0.6 is 0 Å². The summed E-state index contributed by atoms with van der Waals surface area (Å²) in [6.07, 6.45) is 1.87. The first-order valence-corrected chi connectivity index (χ1v) is 16.1. The van der Waals surface area contributed by atoms with Gasteiger partial charge in [-0.05, 0) is 65.4 Å². The van der Waals surface area contributed by atoms with Crippen LogP contribution in [0.5, 0.6) is 0 Å². The highest BCUT2D eigenvalue weighted by Crippen LogP contribution is 2.40. The molecule has 7 aromatic carbocycles. The third kappa shape index (κ3) is 3.94. The molecule has 3 aromatic heterocycles. The zero-order chi connectivity index (χ0) is 31.6. The van der Waals surface area contributed by atoms with Gasteiger partial charge in [-0.15, -0.1) is 0 Å². The number of aromatic nitrogens is 5. The van der Waals surface area contributed by atoms with Crippen molar-refractivity contribution in [1.29, 1.82) is 0 Å². The predicted molar refractivity (Wildman–Crippen MR) is 197 cm³/mol. The van der Waals surface area contributed by atoms with Crippen molar-refractivity contribution in [3.8, 4) is 34.2 Å². The summed E-state index contributed by atoms with van der Waals surface area (Å²) in [7, 11) is 0. The van der Waals surface area contributed by atoms with Crippen molar-refractivity contribution >= 4 is 54.5 Å². The van der Waals surface area contributed by atoms with E-state index in [4.69, 9.17) is 15.0 Å². The summed E-state index contributed by atoms with van der Waals surface area (Å²) in [6, 6.07) is 55.2. The fraction of sp³-hybridized carbons (Fsp3) is 0. The van der Waals surface area contributed by atoms with Crippen LogP contribution in [0.3, 0.4) is 0 Å². The molecule has 10 aromatic rings. The lowest BCUT2D eigenvalue weighted by Gasteiger charge is -2.16. The first-order chi connectivity index (χ1) is 23.8. The first-order valence-electron chi connectivity index (χ1n) is 16.1. The summed E-state index contributed by atoms with van der Waals surface area (Å²) in [5, 5.41) is 5.73. The molecule has 0 spiro atoms. The van der Waals surface area contributed by atoms with E-state index in [-0.39, 0.29) is 0 Å². The minimum atomic E-state index is 0.852. The van der Waals surface area contributed by atoms with E-state index in [1.807, 2.05) is 24.4 Å². The van der Waals surface area contributed by atoms with Crippen LogP contribution in [-0.2, 0) is 0 Å². The van der Waals surface area contributed by atoms with E-state index in [0.717, 1.165) is 67.1 Å². The van der Waals surface area contributed by atoms with Crippen LogP contribution in [0.1, 0.15) is 0 Å². The lowest BCUT2D eigenvalue weighted by atomic mass is 10.0. The van der Waals surface area contributed by atoms with Gasteiger partial charge in [0.15, 0.2) is 0 Å². The standard InChI is InChI=1S/C43H27N5/c1-3-16-30-28(12-1)14-9-23-37(30)47-39-21-7-5-19-35(39)45-42(47)33-25-26-34(41-32(33)18-11-27-44-41)43-46-36-20-6-8-22-40(36)48(43)38-24-10-15-29-13-2-4-17-31(29)38/h1-27H. The number of hydrogen-bond donors (Lipinski definition) is 0. The van der Waals surface area contributed by atoms with Gasteiger partial charge in [-0.2, -0.15) is 0 Å². The van der Waals surface area contributed by atoms with E-state index in [1.54, 1.807) is 0 Å². The van der Waals surface area contributed by atoms with Crippen molar-refractivity contribution in [3.63, 3.8) is 0 Å². The predicted octanol–water partition coefficient (Wildman–Crippen LogP) is 10.6. The summed E-state index contributed by atoms with van der Waals surface area (Å²) in [4.78, 5) is 15.5. The summed E-state index contributed by atoms with van der Waals surface area (Å²) >= 11 is 0. The van der Waals surface area contributed by atoms with Crippen LogP contribution in [-0.4, -0.2) is 24.1 Å². The third-order valence-corrected chi connectivity index (χ3v) is 9.39. The Labute approximate surface area is 276 Å². The smallest absolute Gasteiger partial charge is 0.147 e. The molecule has 0 N–H and O–H groups in total. The molecule has 0 aliphatic carbocycles. The van der Waals surface area contributed by atoms with Crippen molar-refractivity contribution in [3.05, 3.63) is 164 Å². The topological polar surface area (TPSA) is 48.5 Å². The fourth-order valence-electron chi connectivity index (χ4n) is 7.26. The Morgan fingerprint density at radius 2 is 0.854 bits per heavy atom. The van der Waals surface area contributed by atoms with Gasteiger partial charge in [0, 0.05) is 33.5 Å². The molecule has 0 aliphatic heterocycles. The summed E-state index contributed by atoms with van der Waals surface area (Å²) in [6.45, 7) is 0. The number of pyridine rings is 1. The molecule has 3 heterocycles. The highest BCUT2D eigenvalue weighted by Gasteiger charge is 2.22. The summed E-state index contributed by atoms with van der Waals surface area (Å²) < 4.78 is 4.58. The second-order valence-corrected chi connectivity index (χ2v) is 12.1. The second kappa shape index (κ2) is 10.5. The molecular weight excluding hydrogens is 587 g/mol. The third-order valence-electron chi connectivity index (χ3n) is 9.39.